The predicted molar refractivity (Wildman–Crippen MR) is 135 cm³/mol. The number of benzene rings is 2. The number of aromatic nitrogens is 1. The minimum Gasteiger partial charge on any atom is -0.457 e. The summed E-state index contributed by atoms with van der Waals surface area (Å²) >= 11 is 0. The first kappa shape index (κ1) is 22.9. The number of carbonyl (C=O) groups excluding carboxylic acids is 1. The summed E-state index contributed by atoms with van der Waals surface area (Å²) in [6, 6.07) is 18.8. The second-order valence-electron chi connectivity index (χ2n) is 9.22. The molecule has 0 spiro atoms. The summed E-state index contributed by atoms with van der Waals surface area (Å²) in [6.45, 7) is 1.04. The maximum Gasteiger partial charge on any atom is 0.254 e. The van der Waals surface area contributed by atoms with Gasteiger partial charge in [0.2, 0.25) is 0 Å². The number of nitrogens with one attached hydrogen (secondary N) is 2. The largest absolute Gasteiger partial charge is 0.457 e. The van der Waals surface area contributed by atoms with Crippen LogP contribution in [-0.2, 0) is 4.79 Å². The van der Waals surface area contributed by atoms with Crippen molar-refractivity contribution < 1.29 is 14.6 Å². The number of nitrogens with zero attached hydrogens (tertiary/aromatic N) is 2. The number of ether oxygens (including phenoxy) is 1. The molecule has 8 nitrogen and oxygen atoms in total. The number of rotatable bonds is 7. The van der Waals surface area contributed by atoms with Gasteiger partial charge in [-0.3, -0.25) is 4.79 Å². The summed E-state index contributed by atoms with van der Waals surface area (Å²) in [5.41, 5.74) is 7.45. The van der Waals surface area contributed by atoms with E-state index in [4.69, 9.17) is 15.9 Å². The number of para-hydroxylation sites is 1. The number of pyridine rings is 1. The molecule has 1 amide bonds. The van der Waals surface area contributed by atoms with E-state index in [1.54, 1.807) is 17.2 Å². The van der Waals surface area contributed by atoms with Crippen LogP contribution in [0, 0.1) is 11.3 Å². The number of nitrogen functional groups attached to an aromatic ring is 1. The Morgan fingerprint density at radius 3 is 2.54 bits per heavy atom. The first-order valence-corrected chi connectivity index (χ1v) is 11.9. The standard InChI is InChI=1S/C27H29N5O3/c28-23(18-5-4-16-32(17-18)26(33)27(34)13-14-27)22-12-15-30-25(29)24(22)31-19-8-10-21(11-9-19)35-20-6-2-1-3-7-20/h1-3,6-12,15,18,28,31,34H,4-5,13-14,16-17H2,(H2,29,30)/t18-/m1/s1. The number of amides is 1. The monoisotopic (exact) mass is 471 g/mol. The number of piperidine rings is 1. The highest BCUT2D eigenvalue weighted by atomic mass is 16.5. The third kappa shape index (κ3) is 4.97. The highest BCUT2D eigenvalue weighted by molar-refractivity contribution is 6.07. The van der Waals surface area contributed by atoms with Crippen LogP contribution in [0.4, 0.5) is 17.2 Å². The van der Waals surface area contributed by atoms with Crippen LogP contribution in [-0.4, -0.2) is 45.3 Å². The fourth-order valence-electron chi connectivity index (χ4n) is 4.45. The van der Waals surface area contributed by atoms with Crippen molar-refractivity contribution in [2.24, 2.45) is 5.92 Å². The van der Waals surface area contributed by atoms with Gasteiger partial charge in [-0.05, 0) is 68.1 Å². The summed E-state index contributed by atoms with van der Waals surface area (Å²) in [5.74, 6) is 1.42. The van der Waals surface area contributed by atoms with Crippen molar-refractivity contribution in [3.8, 4) is 11.5 Å². The van der Waals surface area contributed by atoms with Gasteiger partial charge in [0, 0.05) is 42.2 Å². The number of nitrogens with two attached hydrogens (primary N) is 1. The number of anilines is 3. The van der Waals surface area contributed by atoms with Crippen LogP contribution in [0.25, 0.3) is 0 Å². The van der Waals surface area contributed by atoms with Crippen molar-refractivity contribution in [2.75, 3.05) is 24.1 Å². The highest BCUT2D eigenvalue weighted by Gasteiger charge is 2.50. The van der Waals surface area contributed by atoms with E-state index in [1.165, 1.54) is 0 Å². The molecule has 1 aromatic heterocycles. The molecule has 0 radical (unpaired) electrons. The fourth-order valence-corrected chi connectivity index (χ4v) is 4.45. The average molecular weight is 472 g/mol. The zero-order valence-corrected chi connectivity index (χ0v) is 19.4. The van der Waals surface area contributed by atoms with Gasteiger partial charge in [-0.25, -0.2) is 4.98 Å². The fraction of sp³-hybridized carbons (Fsp3) is 0.296. The molecule has 35 heavy (non-hydrogen) atoms. The molecular formula is C27H29N5O3. The van der Waals surface area contributed by atoms with Gasteiger partial charge in [-0.1, -0.05) is 18.2 Å². The third-order valence-corrected chi connectivity index (χ3v) is 6.61. The lowest BCUT2D eigenvalue weighted by Gasteiger charge is -2.34. The van der Waals surface area contributed by atoms with Crippen LogP contribution < -0.4 is 15.8 Å². The third-order valence-electron chi connectivity index (χ3n) is 6.61. The smallest absolute Gasteiger partial charge is 0.254 e. The van der Waals surface area contributed by atoms with E-state index in [-0.39, 0.29) is 11.8 Å². The van der Waals surface area contributed by atoms with Gasteiger partial charge in [-0.15, -0.1) is 0 Å². The van der Waals surface area contributed by atoms with E-state index in [2.05, 4.69) is 10.3 Å². The lowest BCUT2D eigenvalue weighted by atomic mass is 9.88. The molecule has 3 aromatic rings. The number of hydrogen-bond donors (Lipinski definition) is 4. The predicted octanol–water partition coefficient (Wildman–Crippen LogP) is 4.33. The van der Waals surface area contributed by atoms with E-state index in [0.29, 0.717) is 54.5 Å². The van der Waals surface area contributed by atoms with Crippen LogP contribution in [0.5, 0.6) is 11.5 Å². The maximum atomic E-state index is 12.6. The van der Waals surface area contributed by atoms with Gasteiger partial charge in [-0.2, -0.15) is 0 Å². The Hall–Kier alpha value is -3.91. The number of aliphatic hydroxyl groups is 1. The zero-order chi connectivity index (χ0) is 24.4. The Morgan fingerprint density at radius 1 is 1.11 bits per heavy atom. The first-order chi connectivity index (χ1) is 16.9. The Balaban J connectivity index is 1.31. The van der Waals surface area contributed by atoms with Crippen LogP contribution in [0.15, 0.2) is 66.9 Å². The molecule has 0 bridgehead atoms. The molecule has 5 N–H and O–H groups in total. The van der Waals surface area contributed by atoms with Crippen molar-refractivity contribution >= 4 is 28.8 Å². The van der Waals surface area contributed by atoms with Gasteiger partial charge in [0.25, 0.3) is 5.91 Å². The molecule has 1 atom stereocenters. The molecule has 1 saturated heterocycles. The molecule has 2 aliphatic rings. The second-order valence-corrected chi connectivity index (χ2v) is 9.22. The average Bonchev–Trinajstić information content (AvgIpc) is 3.64. The molecule has 2 aromatic carbocycles. The Morgan fingerprint density at radius 2 is 1.83 bits per heavy atom. The van der Waals surface area contributed by atoms with Crippen molar-refractivity contribution in [3.05, 3.63) is 72.4 Å². The van der Waals surface area contributed by atoms with E-state index < -0.39 is 5.60 Å². The van der Waals surface area contributed by atoms with Crippen molar-refractivity contribution in [1.82, 2.24) is 9.88 Å². The number of hydrogen-bond acceptors (Lipinski definition) is 7. The van der Waals surface area contributed by atoms with Crippen LogP contribution in [0.3, 0.4) is 0 Å². The normalized spacial score (nSPS) is 18.5. The Bertz CT molecular complexity index is 1230. The molecule has 2 heterocycles. The van der Waals surface area contributed by atoms with Gasteiger partial charge in [0.1, 0.15) is 22.9 Å². The van der Waals surface area contributed by atoms with Gasteiger partial charge in [0.05, 0.1) is 5.69 Å². The summed E-state index contributed by atoms with van der Waals surface area (Å²) in [6.07, 6.45) is 4.23. The van der Waals surface area contributed by atoms with Crippen molar-refractivity contribution in [3.63, 3.8) is 0 Å². The van der Waals surface area contributed by atoms with Gasteiger partial charge < -0.3 is 31.2 Å². The maximum absolute atomic E-state index is 12.6. The molecular weight excluding hydrogens is 442 g/mol. The summed E-state index contributed by atoms with van der Waals surface area (Å²) in [5, 5.41) is 22.5. The lowest BCUT2D eigenvalue weighted by Crippen LogP contribution is -2.47. The molecule has 2 fully saturated rings. The molecule has 180 valence electrons. The van der Waals surface area contributed by atoms with Gasteiger partial charge >= 0.3 is 0 Å². The second kappa shape index (κ2) is 9.38. The van der Waals surface area contributed by atoms with Crippen LogP contribution in [0.2, 0.25) is 0 Å². The molecule has 8 heteroatoms. The summed E-state index contributed by atoms with van der Waals surface area (Å²) in [7, 11) is 0. The topological polar surface area (TPSA) is 125 Å². The SMILES string of the molecule is N=C(c1ccnc(N)c1Nc1ccc(Oc2ccccc2)cc1)[C@@H]1CCCN(C(=O)C2(O)CC2)C1. The van der Waals surface area contributed by atoms with Crippen LogP contribution in [0.1, 0.15) is 31.2 Å². The van der Waals surface area contributed by atoms with Crippen molar-refractivity contribution in [1.29, 1.82) is 5.41 Å². The molecule has 1 saturated carbocycles. The van der Waals surface area contributed by atoms with E-state index in [1.807, 2.05) is 54.6 Å². The summed E-state index contributed by atoms with van der Waals surface area (Å²) < 4.78 is 5.86. The Labute approximate surface area is 204 Å². The first-order valence-electron chi connectivity index (χ1n) is 11.9. The van der Waals surface area contributed by atoms with Gasteiger partial charge in [0.15, 0.2) is 0 Å². The quantitative estimate of drug-likeness (QED) is 0.380. The summed E-state index contributed by atoms with van der Waals surface area (Å²) in [4.78, 5) is 18.6. The van der Waals surface area contributed by atoms with E-state index >= 15 is 0 Å². The number of likely N-dealkylation sites (tertiary alicyclic amines) is 1. The van der Waals surface area contributed by atoms with E-state index in [9.17, 15) is 9.90 Å². The number of carbonyl (C=O) groups is 1. The molecule has 0 unspecified atom stereocenters. The molecule has 1 aliphatic heterocycles. The molecule has 1 aliphatic carbocycles. The lowest BCUT2D eigenvalue weighted by molar-refractivity contribution is -0.143. The minimum atomic E-state index is -1.19. The van der Waals surface area contributed by atoms with Crippen LogP contribution >= 0.6 is 0 Å². The highest BCUT2D eigenvalue weighted by Crippen LogP contribution is 2.38. The molecule has 5 rings (SSSR count). The minimum absolute atomic E-state index is 0.140. The van der Waals surface area contributed by atoms with E-state index in [0.717, 1.165) is 24.3 Å². The Kier molecular flexibility index (Phi) is 6.13. The zero-order valence-electron chi connectivity index (χ0n) is 19.4. The van der Waals surface area contributed by atoms with Crippen molar-refractivity contribution in [2.45, 2.75) is 31.3 Å².